The van der Waals surface area contributed by atoms with Gasteiger partial charge in [-0.2, -0.15) is 11.8 Å². The summed E-state index contributed by atoms with van der Waals surface area (Å²) in [6.45, 7) is 2.31. The molecule has 0 atom stereocenters. The molecule has 5 heteroatoms. The summed E-state index contributed by atoms with van der Waals surface area (Å²) in [4.78, 5) is 0. The molecule has 0 aromatic rings. The molecule has 0 aliphatic rings. The third-order valence-corrected chi connectivity index (χ3v) is 4.13. The van der Waals surface area contributed by atoms with Gasteiger partial charge in [-0.1, -0.05) is 6.92 Å². The van der Waals surface area contributed by atoms with Crippen molar-refractivity contribution >= 4 is 21.6 Å². The number of thioether (sulfide) groups is 1. The van der Waals surface area contributed by atoms with Gasteiger partial charge in [0, 0.05) is 6.54 Å². The largest absolute Gasteiger partial charge is 0.329 e. The lowest BCUT2D eigenvalue weighted by molar-refractivity contribution is 0.594. The summed E-state index contributed by atoms with van der Waals surface area (Å²) in [6, 6.07) is 0. The highest BCUT2D eigenvalue weighted by Crippen LogP contribution is 2.03. The molecule has 2 N–H and O–H groups in total. The Bertz CT molecular complexity index is 190. The van der Waals surface area contributed by atoms with E-state index in [-0.39, 0.29) is 18.1 Å². The lowest BCUT2D eigenvalue weighted by Gasteiger charge is -2.01. The van der Waals surface area contributed by atoms with Crippen molar-refractivity contribution in [1.29, 1.82) is 0 Å². The van der Waals surface area contributed by atoms with Crippen molar-refractivity contribution in [3.63, 3.8) is 0 Å². The lowest BCUT2D eigenvalue weighted by atomic mass is 10.6. The molecular weight excluding hydrogens is 194 g/mol. The van der Waals surface area contributed by atoms with Crippen molar-refractivity contribution in [3.8, 4) is 0 Å². The van der Waals surface area contributed by atoms with E-state index in [0.717, 1.165) is 17.9 Å². The van der Waals surface area contributed by atoms with Crippen LogP contribution in [0.4, 0.5) is 0 Å². The first-order valence-electron chi connectivity index (χ1n) is 4.10. The van der Waals surface area contributed by atoms with Gasteiger partial charge in [-0.05, 0) is 17.9 Å². The van der Waals surface area contributed by atoms with Gasteiger partial charge in [0.25, 0.3) is 0 Å². The fourth-order valence-electron chi connectivity index (χ4n) is 0.807. The number of sulfone groups is 1. The molecule has 0 heterocycles. The minimum Gasteiger partial charge on any atom is -0.329 e. The Kier molecular flexibility index (Phi) is 6.89. The van der Waals surface area contributed by atoms with Crippen LogP contribution < -0.4 is 5.73 Å². The van der Waals surface area contributed by atoms with Crippen LogP contribution >= 0.6 is 11.8 Å². The summed E-state index contributed by atoms with van der Waals surface area (Å²) < 4.78 is 22.2. The van der Waals surface area contributed by atoms with Gasteiger partial charge in [-0.15, -0.1) is 0 Å². The van der Waals surface area contributed by atoms with E-state index in [1.54, 1.807) is 11.8 Å². The normalized spacial score (nSPS) is 11.8. The molecule has 0 aliphatic carbocycles. The molecule has 0 saturated carbocycles. The highest BCUT2D eigenvalue weighted by molar-refractivity contribution is 7.99. The lowest BCUT2D eigenvalue weighted by Crippen LogP contribution is -2.18. The van der Waals surface area contributed by atoms with Gasteiger partial charge in [0.15, 0.2) is 9.84 Å². The van der Waals surface area contributed by atoms with Crippen molar-refractivity contribution in [2.24, 2.45) is 5.73 Å². The summed E-state index contributed by atoms with van der Waals surface area (Å²) in [5.41, 5.74) is 5.16. The molecule has 0 radical (unpaired) electrons. The summed E-state index contributed by atoms with van der Waals surface area (Å²) >= 11 is 1.77. The molecule has 0 saturated heterocycles. The molecule has 12 heavy (non-hydrogen) atoms. The third kappa shape index (κ3) is 6.94. The summed E-state index contributed by atoms with van der Waals surface area (Å²) in [5.74, 6) is 2.40. The minimum absolute atomic E-state index is 0.129. The van der Waals surface area contributed by atoms with E-state index >= 15 is 0 Å². The Labute approximate surface area is 79.0 Å². The maximum absolute atomic E-state index is 11.1. The van der Waals surface area contributed by atoms with E-state index in [2.05, 4.69) is 6.92 Å². The molecule has 0 bridgehead atoms. The number of hydrogen-bond acceptors (Lipinski definition) is 4. The van der Waals surface area contributed by atoms with Crippen LogP contribution in [0.25, 0.3) is 0 Å². The van der Waals surface area contributed by atoms with E-state index < -0.39 is 9.84 Å². The van der Waals surface area contributed by atoms with E-state index in [1.807, 2.05) is 0 Å². The van der Waals surface area contributed by atoms with Crippen molar-refractivity contribution in [1.82, 2.24) is 0 Å². The highest BCUT2D eigenvalue weighted by Gasteiger charge is 2.07. The van der Waals surface area contributed by atoms with Crippen LogP contribution in [-0.4, -0.2) is 38.0 Å². The van der Waals surface area contributed by atoms with E-state index in [4.69, 9.17) is 5.73 Å². The second-order valence-electron chi connectivity index (χ2n) is 2.49. The zero-order valence-corrected chi connectivity index (χ0v) is 9.09. The van der Waals surface area contributed by atoms with Gasteiger partial charge in [0.05, 0.1) is 11.5 Å². The molecule has 0 unspecified atom stereocenters. The molecule has 3 nitrogen and oxygen atoms in total. The number of hydrogen-bond donors (Lipinski definition) is 1. The Balaban J connectivity index is 3.48. The maximum atomic E-state index is 11.1. The van der Waals surface area contributed by atoms with Crippen LogP contribution in [0.3, 0.4) is 0 Å². The molecule has 74 valence electrons. The second-order valence-corrected chi connectivity index (χ2v) is 6.19. The monoisotopic (exact) mass is 211 g/mol. The average Bonchev–Trinajstić information content (AvgIpc) is 1.98. The fourth-order valence-corrected chi connectivity index (χ4v) is 2.77. The predicted octanol–water partition coefficient (Wildman–Crippen LogP) is 0.503. The molecule has 0 aromatic carbocycles. The van der Waals surface area contributed by atoms with Crippen LogP contribution in [0, 0.1) is 0 Å². The molecule has 0 amide bonds. The van der Waals surface area contributed by atoms with Crippen LogP contribution in [-0.2, 0) is 9.84 Å². The van der Waals surface area contributed by atoms with Crippen LogP contribution in [0.5, 0.6) is 0 Å². The predicted molar refractivity (Wildman–Crippen MR) is 55.3 cm³/mol. The van der Waals surface area contributed by atoms with Crippen LogP contribution in [0.1, 0.15) is 13.3 Å². The fraction of sp³-hybridized carbons (Fsp3) is 1.00. The van der Waals surface area contributed by atoms with Crippen molar-refractivity contribution in [2.45, 2.75) is 13.3 Å². The van der Waals surface area contributed by atoms with Gasteiger partial charge in [-0.25, -0.2) is 8.42 Å². The minimum atomic E-state index is -2.85. The molecule has 0 aromatic heterocycles. The van der Waals surface area contributed by atoms with E-state index in [1.165, 1.54) is 0 Å². The Morgan fingerprint density at radius 2 is 2.00 bits per heavy atom. The van der Waals surface area contributed by atoms with Crippen molar-refractivity contribution in [2.75, 3.05) is 29.6 Å². The molecule has 0 spiro atoms. The summed E-state index contributed by atoms with van der Waals surface area (Å²) in [6.07, 6.45) is 0.751. The zero-order valence-electron chi connectivity index (χ0n) is 7.45. The smallest absolute Gasteiger partial charge is 0.151 e. The van der Waals surface area contributed by atoms with E-state index in [9.17, 15) is 8.42 Å². The van der Waals surface area contributed by atoms with Gasteiger partial charge in [0.1, 0.15) is 0 Å². The Hall–Kier alpha value is 0.260. The van der Waals surface area contributed by atoms with Gasteiger partial charge >= 0.3 is 0 Å². The van der Waals surface area contributed by atoms with Gasteiger partial charge in [-0.3, -0.25) is 0 Å². The van der Waals surface area contributed by atoms with Crippen LogP contribution in [0.2, 0.25) is 0 Å². The van der Waals surface area contributed by atoms with E-state index in [0.29, 0.717) is 0 Å². The van der Waals surface area contributed by atoms with Crippen LogP contribution in [0.15, 0.2) is 0 Å². The Morgan fingerprint density at radius 3 is 2.50 bits per heavy atom. The Morgan fingerprint density at radius 1 is 1.33 bits per heavy atom. The molecule has 0 aliphatic heterocycles. The topological polar surface area (TPSA) is 60.2 Å². The maximum Gasteiger partial charge on any atom is 0.151 e. The summed E-state index contributed by atoms with van der Waals surface area (Å²) in [7, 11) is -2.85. The summed E-state index contributed by atoms with van der Waals surface area (Å²) in [5, 5.41) is 0. The molecule has 0 rings (SSSR count). The SMILES string of the molecule is CCSCCCS(=O)(=O)CCN. The first-order chi connectivity index (χ1) is 5.62. The van der Waals surface area contributed by atoms with Gasteiger partial charge < -0.3 is 5.73 Å². The van der Waals surface area contributed by atoms with Crippen molar-refractivity contribution < 1.29 is 8.42 Å². The highest BCUT2D eigenvalue weighted by atomic mass is 32.2. The zero-order chi connectivity index (χ0) is 9.45. The average molecular weight is 211 g/mol. The third-order valence-electron chi connectivity index (χ3n) is 1.38. The van der Waals surface area contributed by atoms with Gasteiger partial charge in [0.2, 0.25) is 0 Å². The van der Waals surface area contributed by atoms with Crippen molar-refractivity contribution in [3.05, 3.63) is 0 Å². The molecule has 0 fully saturated rings. The first kappa shape index (κ1) is 12.3. The standard InChI is InChI=1S/C7H17NO2S2/c1-2-11-5-3-6-12(9,10)7-4-8/h2-8H2,1H3. The number of nitrogens with two attached hydrogens (primary N) is 1. The number of rotatable bonds is 7. The quantitative estimate of drug-likeness (QED) is 0.623. The second kappa shape index (κ2) is 6.74. The molecular formula is C7H17NO2S2. The first-order valence-corrected chi connectivity index (χ1v) is 7.08.